The van der Waals surface area contributed by atoms with Gasteiger partial charge in [-0.1, -0.05) is 49.2 Å². The summed E-state index contributed by atoms with van der Waals surface area (Å²) in [5.74, 6) is -0.385. The number of carbonyl (C=O) groups excluding carboxylic acids is 1. The van der Waals surface area contributed by atoms with E-state index in [0.29, 0.717) is 23.2 Å². The lowest BCUT2D eigenvalue weighted by atomic mass is 9.95. The third kappa shape index (κ3) is 3.59. The van der Waals surface area contributed by atoms with Gasteiger partial charge in [-0.3, -0.25) is 4.79 Å². The second-order valence-electron chi connectivity index (χ2n) is 5.88. The van der Waals surface area contributed by atoms with Gasteiger partial charge in [0, 0.05) is 12.1 Å². The largest absolute Gasteiger partial charge is 0.478 e. The van der Waals surface area contributed by atoms with Crippen molar-refractivity contribution >= 4 is 11.9 Å². The highest BCUT2D eigenvalue weighted by Crippen LogP contribution is 2.32. The molecule has 0 aromatic heterocycles. The normalized spacial score (nSPS) is 13.6. The van der Waals surface area contributed by atoms with Crippen molar-refractivity contribution in [3.63, 3.8) is 0 Å². The van der Waals surface area contributed by atoms with E-state index in [2.05, 4.69) is 5.32 Å². The van der Waals surface area contributed by atoms with E-state index < -0.39 is 5.97 Å². The molecule has 2 aromatic carbocycles. The van der Waals surface area contributed by atoms with E-state index in [0.717, 1.165) is 12.3 Å². The first kappa shape index (κ1) is 15.3. The van der Waals surface area contributed by atoms with Gasteiger partial charge < -0.3 is 10.4 Å². The maximum absolute atomic E-state index is 12.5. The van der Waals surface area contributed by atoms with E-state index in [4.69, 9.17) is 0 Å². The quantitative estimate of drug-likeness (QED) is 0.857. The summed E-state index contributed by atoms with van der Waals surface area (Å²) in [4.78, 5) is 23.9. The molecule has 0 spiro atoms. The summed E-state index contributed by atoms with van der Waals surface area (Å²) in [5, 5.41) is 12.3. The topological polar surface area (TPSA) is 66.4 Å². The highest BCUT2D eigenvalue weighted by atomic mass is 16.4. The molecule has 4 nitrogen and oxygen atoms in total. The molecule has 0 saturated heterocycles. The van der Waals surface area contributed by atoms with Gasteiger partial charge in [-0.05, 0) is 35.6 Å². The van der Waals surface area contributed by atoms with Gasteiger partial charge in [0.05, 0.1) is 5.56 Å². The molecule has 1 fully saturated rings. The van der Waals surface area contributed by atoms with Crippen LogP contribution in [0.5, 0.6) is 0 Å². The van der Waals surface area contributed by atoms with Crippen molar-refractivity contribution in [1.82, 2.24) is 5.32 Å². The van der Waals surface area contributed by atoms with E-state index in [1.807, 2.05) is 6.07 Å². The summed E-state index contributed by atoms with van der Waals surface area (Å²) in [6, 6.07) is 13.9. The van der Waals surface area contributed by atoms with Crippen LogP contribution in [-0.4, -0.2) is 23.5 Å². The fraction of sp³-hybridized carbons (Fsp3) is 0.263. The van der Waals surface area contributed by atoms with E-state index >= 15 is 0 Å². The van der Waals surface area contributed by atoms with Gasteiger partial charge in [0.25, 0.3) is 5.91 Å². The number of carbonyl (C=O) groups is 2. The first-order valence-electron chi connectivity index (χ1n) is 7.86. The lowest BCUT2D eigenvalue weighted by molar-refractivity contribution is 0.0697. The number of aromatic carboxylic acids is 1. The minimum atomic E-state index is -0.996. The molecule has 0 radical (unpaired) electrons. The van der Waals surface area contributed by atoms with Crippen LogP contribution in [0.15, 0.2) is 48.5 Å². The molecule has 0 aliphatic heterocycles. The first-order chi connectivity index (χ1) is 11.2. The number of amides is 1. The average molecular weight is 309 g/mol. The summed E-state index contributed by atoms with van der Waals surface area (Å²) in [6.45, 7) is 0.665. The highest BCUT2D eigenvalue weighted by molar-refractivity contribution is 6.04. The molecule has 1 amide bonds. The molecular weight excluding hydrogens is 290 g/mol. The Morgan fingerprint density at radius 1 is 0.957 bits per heavy atom. The first-order valence-corrected chi connectivity index (χ1v) is 7.86. The van der Waals surface area contributed by atoms with Crippen molar-refractivity contribution in [1.29, 1.82) is 0 Å². The zero-order valence-corrected chi connectivity index (χ0v) is 12.8. The van der Waals surface area contributed by atoms with E-state index in [-0.39, 0.29) is 11.5 Å². The number of rotatable bonds is 6. The number of hydrogen-bond donors (Lipinski definition) is 2. The number of carboxylic acid groups (broad SMARTS) is 1. The number of nitrogens with one attached hydrogen (secondary N) is 1. The minimum Gasteiger partial charge on any atom is -0.478 e. The standard InChI is InChI=1S/C19H19NO3/c21-18(20-12-11-13-9-10-13)16-7-3-1-5-14(16)15-6-2-4-8-17(15)19(22)23/h1-8,13H,9-12H2,(H,20,21)(H,22,23). The molecule has 2 aromatic rings. The summed E-state index contributed by atoms with van der Waals surface area (Å²) >= 11 is 0. The molecule has 118 valence electrons. The molecule has 1 aliphatic carbocycles. The zero-order valence-electron chi connectivity index (χ0n) is 12.8. The monoisotopic (exact) mass is 309 g/mol. The molecule has 0 heterocycles. The van der Waals surface area contributed by atoms with E-state index in [1.54, 1.807) is 42.5 Å². The lowest BCUT2D eigenvalue weighted by Gasteiger charge is -2.12. The zero-order chi connectivity index (χ0) is 16.2. The Kier molecular flexibility index (Phi) is 4.42. The summed E-state index contributed by atoms with van der Waals surface area (Å²) < 4.78 is 0. The Bertz CT molecular complexity index is 735. The van der Waals surface area contributed by atoms with Gasteiger partial charge in [-0.15, -0.1) is 0 Å². The third-order valence-electron chi connectivity index (χ3n) is 4.15. The Labute approximate surface area is 135 Å². The number of carboxylic acids is 1. The Morgan fingerprint density at radius 3 is 2.13 bits per heavy atom. The molecule has 0 atom stereocenters. The molecule has 1 aliphatic rings. The molecular formula is C19H19NO3. The Morgan fingerprint density at radius 2 is 1.52 bits per heavy atom. The highest BCUT2D eigenvalue weighted by Gasteiger charge is 2.21. The molecule has 23 heavy (non-hydrogen) atoms. The van der Waals surface area contributed by atoms with Crippen LogP contribution in [0.4, 0.5) is 0 Å². The number of hydrogen-bond acceptors (Lipinski definition) is 2. The molecule has 3 rings (SSSR count). The van der Waals surface area contributed by atoms with Gasteiger partial charge >= 0.3 is 5.97 Å². The van der Waals surface area contributed by atoms with Gasteiger partial charge in [-0.2, -0.15) is 0 Å². The maximum atomic E-state index is 12.5. The van der Waals surface area contributed by atoms with Gasteiger partial charge in [0.1, 0.15) is 0 Å². The predicted octanol–water partition coefficient (Wildman–Crippen LogP) is 3.58. The maximum Gasteiger partial charge on any atom is 0.336 e. The van der Waals surface area contributed by atoms with Crippen LogP contribution in [0, 0.1) is 5.92 Å². The third-order valence-corrected chi connectivity index (χ3v) is 4.15. The van der Waals surface area contributed by atoms with Crippen molar-refractivity contribution in [2.24, 2.45) is 5.92 Å². The van der Waals surface area contributed by atoms with Gasteiger partial charge in [0.2, 0.25) is 0 Å². The van der Waals surface area contributed by atoms with Gasteiger partial charge in [0.15, 0.2) is 0 Å². The fourth-order valence-corrected chi connectivity index (χ4v) is 2.71. The SMILES string of the molecule is O=C(O)c1ccccc1-c1ccccc1C(=O)NCCC1CC1. The molecule has 2 N–H and O–H groups in total. The second kappa shape index (κ2) is 6.65. The van der Waals surface area contributed by atoms with E-state index in [1.165, 1.54) is 12.8 Å². The minimum absolute atomic E-state index is 0.151. The summed E-state index contributed by atoms with van der Waals surface area (Å²) in [7, 11) is 0. The Hall–Kier alpha value is -2.62. The molecule has 1 saturated carbocycles. The summed E-state index contributed by atoms with van der Waals surface area (Å²) in [6.07, 6.45) is 3.54. The van der Waals surface area contributed by atoms with Crippen LogP contribution in [0.25, 0.3) is 11.1 Å². The van der Waals surface area contributed by atoms with Crippen LogP contribution >= 0.6 is 0 Å². The fourth-order valence-electron chi connectivity index (χ4n) is 2.71. The summed E-state index contributed by atoms with van der Waals surface area (Å²) in [5.41, 5.74) is 1.92. The second-order valence-corrected chi connectivity index (χ2v) is 5.88. The van der Waals surface area contributed by atoms with Crippen molar-refractivity contribution < 1.29 is 14.7 Å². The number of benzene rings is 2. The lowest BCUT2D eigenvalue weighted by Crippen LogP contribution is -2.25. The predicted molar refractivity (Wildman–Crippen MR) is 88.5 cm³/mol. The Balaban J connectivity index is 1.88. The van der Waals surface area contributed by atoms with Gasteiger partial charge in [-0.25, -0.2) is 4.79 Å². The molecule has 0 bridgehead atoms. The molecule has 4 heteroatoms. The van der Waals surface area contributed by atoms with Crippen molar-refractivity contribution in [2.45, 2.75) is 19.3 Å². The van der Waals surface area contributed by atoms with Crippen molar-refractivity contribution in [3.8, 4) is 11.1 Å². The molecule has 0 unspecified atom stereocenters. The average Bonchev–Trinajstić information content (AvgIpc) is 3.39. The van der Waals surface area contributed by atoms with Crippen molar-refractivity contribution in [3.05, 3.63) is 59.7 Å². The van der Waals surface area contributed by atoms with Crippen LogP contribution in [-0.2, 0) is 0 Å². The van der Waals surface area contributed by atoms with Crippen LogP contribution in [0.3, 0.4) is 0 Å². The van der Waals surface area contributed by atoms with Crippen molar-refractivity contribution in [2.75, 3.05) is 6.54 Å². The van der Waals surface area contributed by atoms with E-state index in [9.17, 15) is 14.7 Å². The van der Waals surface area contributed by atoms with Crippen LogP contribution in [0.2, 0.25) is 0 Å². The van der Waals surface area contributed by atoms with Crippen LogP contribution in [0.1, 0.15) is 40.0 Å². The van der Waals surface area contributed by atoms with Crippen LogP contribution < -0.4 is 5.32 Å². The smallest absolute Gasteiger partial charge is 0.336 e.